The van der Waals surface area contributed by atoms with Gasteiger partial charge < -0.3 is 14.2 Å². The van der Waals surface area contributed by atoms with Crippen molar-refractivity contribution in [1.29, 1.82) is 5.26 Å². The average Bonchev–Trinajstić information content (AvgIpc) is 2.76. The van der Waals surface area contributed by atoms with Crippen LogP contribution >= 0.6 is 0 Å². The smallest absolute Gasteiger partial charge is 0.400 e. The summed E-state index contributed by atoms with van der Waals surface area (Å²) < 4.78 is 12.2. The summed E-state index contributed by atoms with van der Waals surface area (Å²) in [6.07, 6.45) is 4.57. The van der Waals surface area contributed by atoms with E-state index in [1.807, 2.05) is 6.07 Å². The highest BCUT2D eigenvalue weighted by molar-refractivity contribution is 6.54. The van der Waals surface area contributed by atoms with Crippen LogP contribution in [0.2, 0.25) is 0 Å². The minimum Gasteiger partial charge on any atom is -0.400 e. The summed E-state index contributed by atoms with van der Waals surface area (Å²) in [5.74, 6) is 0.591. The van der Waals surface area contributed by atoms with Gasteiger partial charge >= 0.3 is 7.12 Å². The molecule has 0 atom stereocenters. The summed E-state index contributed by atoms with van der Waals surface area (Å²) >= 11 is 0. The number of hydrogen-bond acceptors (Lipinski definition) is 6. The van der Waals surface area contributed by atoms with Crippen molar-refractivity contribution in [2.45, 2.75) is 45.3 Å². The second-order valence-corrected chi connectivity index (χ2v) is 6.92. The molecule has 0 saturated carbocycles. The molecule has 1 saturated heterocycles. The fourth-order valence-corrected chi connectivity index (χ4v) is 2.64. The zero-order valence-electron chi connectivity index (χ0n) is 14.0. The van der Waals surface area contributed by atoms with E-state index in [4.69, 9.17) is 14.6 Å². The zero-order chi connectivity index (χ0) is 16.7. The number of hydrogen-bond donors (Lipinski definition) is 0. The van der Waals surface area contributed by atoms with Gasteiger partial charge in [-0.1, -0.05) is 6.08 Å². The van der Waals surface area contributed by atoms with Crippen molar-refractivity contribution < 1.29 is 9.31 Å². The van der Waals surface area contributed by atoms with E-state index < -0.39 is 0 Å². The van der Waals surface area contributed by atoms with Gasteiger partial charge in [0.1, 0.15) is 11.8 Å². The molecule has 0 aliphatic carbocycles. The molecule has 6 nitrogen and oxygen atoms in total. The molecule has 0 aromatic carbocycles. The Morgan fingerprint density at radius 1 is 1.26 bits per heavy atom. The van der Waals surface area contributed by atoms with Gasteiger partial charge in [-0.3, -0.25) is 0 Å². The number of aromatic nitrogens is 2. The summed E-state index contributed by atoms with van der Waals surface area (Å²) in [5, 5.41) is 8.94. The van der Waals surface area contributed by atoms with Gasteiger partial charge in [0.25, 0.3) is 0 Å². The predicted molar refractivity (Wildman–Crippen MR) is 87.7 cm³/mol. The molecule has 23 heavy (non-hydrogen) atoms. The molecule has 2 aliphatic heterocycles. The van der Waals surface area contributed by atoms with E-state index in [1.165, 1.54) is 0 Å². The maximum Gasteiger partial charge on any atom is 0.490 e. The van der Waals surface area contributed by atoms with Gasteiger partial charge in [-0.05, 0) is 45.7 Å². The van der Waals surface area contributed by atoms with Crippen molar-refractivity contribution in [3.63, 3.8) is 0 Å². The Hall–Kier alpha value is -1.91. The topological polar surface area (TPSA) is 71.3 Å². The summed E-state index contributed by atoms with van der Waals surface area (Å²) in [6.45, 7) is 9.71. The number of rotatable bonds is 2. The van der Waals surface area contributed by atoms with Crippen LogP contribution in [0, 0.1) is 11.3 Å². The van der Waals surface area contributed by atoms with Crippen LogP contribution < -0.4 is 4.90 Å². The molecule has 0 spiro atoms. The van der Waals surface area contributed by atoms with Gasteiger partial charge in [-0.25, -0.2) is 9.97 Å². The second-order valence-electron chi connectivity index (χ2n) is 6.92. The molecule has 3 rings (SSSR count). The Morgan fingerprint density at radius 3 is 2.52 bits per heavy atom. The molecule has 0 unspecified atom stereocenters. The van der Waals surface area contributed by atoms with Gasteiger partial charge in [0.2, 0.25) is 5.95 Å². The Morgan fingerprint density at radius 2 is 1.96 bits per heavy atom. The molecule has 2 aliphatic rings. The Bertz CT molecular complexity index is 665. The largest absolute Gasteiger partial charge is 0.490 e. The summed E-state index contributed by atoms with van der Waals surface area (Å²) in [5.41, 5.74) is 0.909. The molecule has 1 fully saturated rings. The number of nitriles is 1. The van der Waals surface area contributed by atoms with E-state index in [9.17, 15) is 0 Å². The molecule has 120 valence electrons. The van der Waals surface area contributed by atoms with Crippen molar-refractivity contribution >= 4 is 13.1 Å². The molecule has 0 bridgehead atoms. The first-order chi connectivity index (χ1) is 10.8. The Kier molecular flexibility index (Phi) is 3.90. The first-order valence-corrected chi connectivity index (χ1v) is 7.85. The fraction of sp³-hybridized carbons (Fsp3) is 0.562. The predicted octanol–water partition coefficient (Wildman–Crippen LogP) is 2.12. The van der Waals surface area contributed by atoms with Gasteiger partial charge in [-0.15, -0.1) is 0 Å². The average molecular weight is 312 g/mol. The van der Waals surface area contributed by atoms with Crippen LogP contribution in [0.3, 0.4) is 0 Å². The van der Waals surface area contributed by atoms with E-state index in [2.05, 4.69) is 48.6 Å². The quantitative estimate of drug-likeness (QED) is 0.779. The lowest BCUT2D eigenvalue weighted by atomic mass is 9.75. The molecule has 0 N–H and O–H groups in total. The lowest BCUT2D eigenvalue weighted by molar-refractivity contribution is 0.00578. The molecular weight excluding hydrogens is 291 g/mol. The van der Waals surface area contributed by atoms with Crippen molar-refractivity contribution in [2.75, 3.05) is 18.0 Å². The molecule has 1 aromatic rings. The van der Waals surface area contributed by atoms with Crippen molar-refractivity contribution in [3.8, 4) is 6.07 Å². The van der Waals surface area contributed by atoms with Crippen LogP contribution in [0.5, 0.6) is 0 Å². The standard InChI is InChI=1S/C16H21BN4O2/c1-15(2)16(3,4)23-17(22-15)12-6-9-21(10-7-12)14-19-8-5-13(11-18)20-14/h5-6,8H,7,9-10H2,1-4H3. The number of anilines is 1. The minimum absolute atomic E-state index is 0.284. The van der Waals surface area contributed by atoms with Crippen LogP contribution in [0.15, 0.2) is 23.8 Å². The monoisotopic (exact) mass is 312 g/mol. The van der Waals surface area contributed by atoms with E-state index in [-0.39, 0.29) is 18.3 Å². The third-order valence-electron chi connectivity index (χ3n) is 4.84. The molecule has 1 aromatic heterocycles. The Labute approximate surface area is 137 Å². The first kappa shape index (κ1) is 16.0. The highest BCUT2D eigenvalue weighted by atomic mass is 16.7. The summed E-state index contributed by atoms with van der Waals surface area (Å²) in [4.78, 5) is 10.5. The SMILES string of the molecule is CC1(C)OB(C2=CCN(c3nccc(C#N)n3)CC2)OC1(C)C. The fourth-order valence-electron chi connectivity index (χ4n) is 2.64. The van der Waals surface area contributed by atoms with E-state index in [0.29, 0.717) is 18.2 Å². The summed E-state index contributed by atoms with van der Waals surface area (Å²) in [7, 11) is -0.284. The third-order valence-corrected chi connectivity index (χ3v) is 4.84. The van der Waals surface area contributed by atoms with Crippen LogP contribution in [0.1, 0.15) is 39.8 Å². The maximum absolute atomic E-state index is 8.94. The number of nitrogens with zero attached hydrogens (tertiary/aromatic N) is 4. The minimum atomic E-state index is -0.320. The second kappa shape index (κ2) is 5.62. The Balaban J connectivity index is 1.71. The van der Waals surface area contributed by atoms with Crippen LogP contribution in [0.4, 0.5) is 5.95 Å². The lowest BCUT2D eigenvalue weighted by Gasteiger charge is -2.32. The molecule has 0 amide bonds. The van der Waals surface area contributed by atoms with Gasteiger partial charge in [0.15, 0.2) is 0 Å². The van der Waals surface area contributed by atoms with E-state index in [0.717, 1.165) is 18.4 Å². The van der Waals surface area contributed by atoms with Crippen molar-refractivity contribution in [2.24, 2.45) is 0 Å². The highest BCUT2D eigenvalue weighted by Crippen LogP contribution is 2.39. The van der Waals surface area contributed by atoms with Gasteiger partial charge in [0, 0.05) is 19.3 Å². The van der Waals surface area contributed by atoms with Crippen molar-refractivity contribution in [1.82, 2.24) is 9.97 Å². The van der Waals surface area contributed by atoms with E-state index >= 15 is 0 Å². The third kappa shape index (κ3) is 2.97. The first-order valence-electron chi connectivity index (χ1n) is 7.85. The van der Waals surface area contributed by atoms with Crippen LogP contribution in [-0.4, -0.2) is 41.4 Å². The van der Waals surface area contributed by atoms with Crippen molar-refractivity contribution in [3.05, 3.63) is 29.5 Å². The zero-order valence-corrected chi connectivity index (χ0v) is 14.0. The molecule has 0 radical (unpaired) electrons. The van der Waals surface area contributed by atoms with Gasteiger partial charge in [-0.2, -0.15) is 5.26 Å². The van der Waals surface area contributed by atoms with E-state index in [1.54, 1.807) is 12.3 Å². The molecule has 7 heteroatoms. The maximum atomic E-state index is 8.94. The van der Waals surface area contributed by atoms with Gasteiger partial charge in [0.05, 0.1) is 11.2 Å². The normalized spacial score (nSPS) is 22.7. The lowest BCUT2D eigenvalue weighted by Crippen LogP contribution is -2.41. The van der Waals surface area contributed by atoms with Crippen LogP contribution in [0.25, 0.3) is 0 Å². The van der Waals surface area contributed by atoms with Crippen LogP contribution in [-0.2, 0) is 9.31 Å². The molecular formula is C16H21BN4O2. The highest BCUT2D eigenvalue weighted by Gasteiger charge is 2.52. The molecule has 3 heterocycles. The summed E-state index contributed by atoms with van der Waals surface area (Å²) in [6, 6.07) is 3.66.